The van der Waals surface area contributed by atoms with Gasteiger partial charge >= 0.3 is 0 Å². The molecule has 2 amide bonds. The maximum Gasteiger partial charge on any atom is 0.251 e. The van der Waals surface area contributed by atoms with E-state index in [0.29, 0.717) is 13.0 Å². The van der Waals surface area contributed by atoms with Gasteiger partial charge in [-0.3, -0.25) is 9.59 Å². The van der Waals surface area contributed by atoms with E-state index in [1.54, 1.807) is 13.8 Å². The summed E-state index contributed by atoms with van der Waals surface area (Å²) in [5.41, 5.74) is 1.20. The topological polar surface area (TPSA) is 105 Å². The van der Waals surface area contributed by atoms with Gasteiger partial charge in [-0.15, -0.1) is 0 Å². The molecule has 2 unspecified atom stereocenters. The zero-order chi connectivity index (χ0) is 24.0. The van der Waals surface area contributed by atoms with Gasteiger partial charge in [-0.1, -0.05) is 41.9 Å². The first kappa shape index (κ1) is 25.2. The van der Waals surface area contributed by atoms with Gasteiger partial charge in [0.05, 0.1) is 23.8 Å². The van der Waals surface area contributed by atoms with E-state index in [0.717, 1.165) is 5.56 Å². The molecule has 0 spiro atoms. The van der Waals surface area contributed by atoms with Crippen LogP contribution in [0.15, 0.2) is 53.4 Å². The lowest BCUT2D eigenvalue weighted by molar-refractivity contribution is -0.120. The molecule has 8 nitrogen and oxygen atoms in total. The lowest BCUT2D eigenvalue weighted by Crippen LogP contribution is -2.48. The van der Waals surface area contributed by atoms with Crippen molar-refractivity contribution in [1.29, 1.82) is 0 Å². The Balaban J connectivity index is 1.60. The van der Waals surface area contributed by atoms with Crippen LogP contribution >= 0.6 is 11.6 Å². The van der Waals surface area contributed by atoms with Gasteiger partial charge in [-0.05, 0) is 44.0 Å². The van der Waals surface area contributed by atoms with Gasteiger partial charge in [-0.2, -0.15) is 4.31 Å². The van der Waals surface area contributed by atoms with E-state index in [2.05, 4.69) is 10.6 Å². The minimum absolute atomic E-state index is 0.0250. The molecule has 0 saturated carbocycles. The summed E-state index contributed by atoms with van der Waals surface area (Å²) >= 11 is 6.18. The van der Waals surface area contributed by atoms with Crippen molar-refractivity contribution in [3.05, 3.63) is 64.7 Å². The number of amides is 2. The van der Waals surface area contributed by atoms with Crippen LogP contribution in [0.1, 0.15) is 29.8 Å². The third-order valence-corrected chi connectivity index (χ3v) is 7.50. The maximum absolute atomic E-state index is 13.2. The highest BCUT2D eigenvalue weighted by Crippen LogP contribution is 2.28. The second-order valence-corrected chi connectivity index (χ2v) is 10.3. The molecule has 0 aromatic heterocycles. The van der Waals surface area contributed by atoms with Crippen molar-refractivity contribution < 1.29 is 22.7 Å². The van der Waals surface area contributed by atoms with Crippen LogP contribution in [0, 0.1) is 0 Å². The highest BCUT2D eigenvalue weighted by atomic mass is 35.5. The molecule has 1 fully saturated rings. The zero-order valence-corrected chi connectivity index (χ0v) is 20.2. The number of ether oxygens (including phenoxy) is 1. The first-order valence-corrected chi connectivity index (χ1v) is 12.5. The Morgan fingerprint density at radius 2 is 1.73 bits per heavy atom. The van der Waals surface area contributed by atoms with Crippen LogP contribution in [0.4, 0.5) is 0 Å². The summed E-state index contributed by atoms with van der Waals surface area (Å²) in [6.45, 7) is 4.21. The number of carbonyl (C=O) groups is 2. The van der Waals surface area contributed by atoms with Gasteiger partial charge in [0.1, 0.15) is 4.90 Å². The molecule has 0 bridgehead atoms. The number of nitrogens with zero attached hydrogens (tertiary/aromatic N) is 1. The number of hydrogen-bond acceptors (Lipinski definition) is 5. The summed E-state index contributed by atoms with van der Waals surface area (Å²) in [5.74, 6) is -0.901. The van der Waals surface area contributed by atoms with Crippen molar-refractivity contribution in [3.8, 4) is 0 Å². The number of carbonyl (C=O) groups excluding carboxylic acids is 2. The van der Waals surface area contributed by atoms with Crippen molar-refractivity contribution in [2.24, 2.45) is 0 Å². The summed E-state index contributed by atoms with van der Waals surface area (Å²) in [7, 11) is -3.92. The standard InChI is InChI=1S/C23H28ClN3O5S/c1-16-14-27(15-17(2)32-16)33(30,31)21-12-19(8-9-20(21)24)23(29)26-13-22(28)25-11-10-18-6-4-3-5-7-18/h3-9,12,16-17H,10-11,13-15H2,1-2H3,(H,25,28)(H,26,29). The number of nitrogens with one attached hydrogen (secondary N) is 2. The highest BCUT2D eigenvalue weighted by Gasteiger charge is 2.33. The number of hydrogen-bond donors (Lipinski definition) is 2. The fourth-order valence-electron chi connectivity index (χ4n) is 3.62. The number of morpholine rings is 1. The molecular weight excluding hydrogens is 466 g/mol. The van der Waals surface area contributed by atoms with E-state index >= 15 is 0 Å². The van der Waals surface area contributed by atoms with Gasteiger partial charge < -0.3 is 15.4 Å². The van der Waals surface area contributed by atoms with E-state index in [-0.39, 0.29) is 53.2 Å². The van der Waals surface area contributed by atoms with Crippen molar-refractivity contribution >= 4 is 33.4 Å². The number of benzene rings is 2. The number of sulfonamides is 1. The molecule has 2 atom stereocenters. The van der Waals surface area contributed by atoms with Crippen LogP contribution in [0.25, 0.3) is 0 Å². The Hall–Kier alpha value is -2.46. The third-order valence-electron chi connectivity index (χ3n) is 5.19. The van der Waals surface area contributed by atoms with Crippen LogP contribution < -0.4 is 10.6 Å². The monoisotopic (exact) mass is 493 g/mol. The molecule has 1 aliphatic rings. The van der Waals surface area contributed by atoms with E-state index in [4.69, 9.17) is 16.3 Å². The predicted octanol–water partition coefficient (Wildman–Crippen LogP) is 2.23. The quantitative estimate of drug-likeness (QED) is 0.586. The second kappa shape index (κ2) is 11.1. The van der Waals surface area contributed by atoms with Crippen LogP contribution in [0.3, 0.4) is 0 Å². The van der Waals surface area contributed by atoms with Gasteiger partial charge in [0.25, 0.3) is 5.91 Å². The molecular formula is C23H28ClN3O5S. The molecule has 0 radical (unpaired) electrons. The van der Waals surface area contributed by atoms with Crippen LogP contribution in [0.5, 0.6) is 0 Å². The minimum Gasteiger partial charge on any atom is -0.373 e. The molecule has 33 heavy (non-hydrogen) atoms. The molecule has 1 saturated heterocycles. The fourth-order valence-corrected chi connectivity index (χ4v) is 5.72. The summed E-state index contributed by atoms with van der Waals surface area (Å²) in [5, 5.41) is 5.29. The van der Waals surface area contributed by atoms with E-state index < -0.39 is 15.9 Å². The van der Waals surface area contributed by atoms with E-state index in [9.17, 15) is 18.0 Å². The first-order valence-electron chi connectivity index (χ1n) is 10.7. The van der Waals surface area contributed by atoms with E-state index in [1.807, 2.05) is 30.3 Å². The predicted molar refractivity (Wildman–Crippen MR) is 126 cm³/mol. The van der Waals surface area contributed by atoms with Crippen molar-refractivity contribution in [2.45, 2.75) is 37.4 Å². The molecule has 2 aromatic carbocycles. The van der Waals surface area contributed by atoms with Crippen LogP contribution in [-0.2, 0) is 26.0 Å². The summed E-state index contributed by atoms with van der Waals surface area (Å²) in [6.07, 6.45) is 0.168. The van der Waals surface area contributed by atoms with Gasteiger partial charge in [0.2, 0.25) is 15.9 Å². The Morgan fingerprint density at radius 3 is 2.39 bits per heavy atom. The lowest BCUT2D eigenvalue weighted by Gasteiger charge is -2.34. The molecule has 0 aliphatic carbocycles. The second-order valence-electron chi connectivity index (χ2n) is 7.99. The van der Waals surface area contributed by atoms with Crippen molar-refractivity contribution in [2.75, 3.05) is 26.2 Å². The Bertz CT molecular complexity index is 1080. The summed E-state index contributed by atoms with van der Waals surface area (Å²) in [4.78, 5) is 24.5. The Labute approximate surface area is 199 Å². The van der Waals surface area contributed by atoms with E-state index in [1.165, 1.54) is 22.5 Å². The van der Waals surface area contributed by atoms with Crippen molar-refractivity contribution in [1.82, 2.24) is 14.9 Å². The molecule has 1 aliphatic heterocycles. The van der Waals surface area contributed by atoms with Crippen LogP contribution in [0.2, 0.25) is 5.02 Å². The largest absolute Gasteiger partial charge is 0.373 e. The zero-order valence-electron chi connectivity index (χ0n) is 18.6. The molecule has 3 rings (SSSR count). The Kier molecular flexibility index (Phi) is 8.47. The maximum atomic E-state index is 13.2. The van der Waals surface area contributed by atoms with Crippen molar-refractivity contribution in [3.63, 3.8) is 0 Å². The minimum atomic E-state index is -3.92. The van der Waals surface area contributed by atoms with Gasteiger partial charge in [0, 0.05) is 25.2 Å². The Morgan fingerprint density at radius 1 is 1.06 bits per heavy atom. The lowest BCUT2D eigenvalue weighted by atomic mass is 10.1. The SMILES string of the molecule is CC1CN(S(=O)(=O)c2cc(C(=O)NCC(=O)NCCc3ccccc3)ccc2Cl)CC(C)O1. The smallest absolute Gasteiger partial charge is 0.251 e. The molecule has 178 valence electrons. The fraction of sp³-hybridized carbons (Fsp3) is 0.391. The highest BCUT2D eigenvalue weighted by molar-refractivity contribution is 7.89. The normalized spacial score (nSPS) is 19.1. The number of rotatable bonds is 8. The number of halogens is 1. The first-order chi connectivity index (χ1) is 15.7. The summed E-state index contributed by atoms with van der Waals surface area (Å²) in [6, 6.07) is 13.8. The summed E-state index contributed by atoms with van der Waals surface area (Å²) < 4.78 is 33.3. The average molecular weight is 494 g/mol. The van der Waals surface area contributed by atoms with Gasteiger partial charge in [-0.25, -0.2) is 8.42 Å². The molecule has 10 heteroatoms. The molecule has 2 N–H and O–H groups in total. The average Bonchev–Trinajstić information content (AvgIpc) is 2.77. The van der Waals surface area contributed by atoms with Crippen LogP contribution in [-0.4, -0.2) is 62.9 Å². The van der Waals surface area contributed by atoms with Gasteiger partial charge in [0.15, 0.2) is 0 Å². The third kappa shape index (κ3) is 6.77. The molecule has 1 heterocycles. The molecule has 2 aromatic rings.